The minimum Gasteiger partial charge on any atom is -0.497 e. The molecule has 1 aromatic rings. The number of hydrogen-bond donors (Lipinski definition) is 1. The number of ether oxygens (including phenoxy) is 1. The highest BCUT2D eigenvalue weighted by Gasteiger charge is 2.20. The fraction of sp³-hybridized carbons (Fsp3) is 0.529. The van der Waals surface area contributed by atoms with E-state index >= 15 is 0 Å². The van der Waals surface area contributed by atoms with Crippen molar-refractivity contribution in [2.45, 2.75) is 45.4 Å². The summed E-state index contributed by atoms with van der Waals surface area (Å²) in [4.78, 5) is 12.1. The van der Waals surface area contributed by atoms with Crippen LogP contribution in [0.5, 0.6) is 5.75 Å². The number of nitrogens with zero attached hydrogens (tertiary/aromatic N) is 1. The predicted molar refractivity (Wildman–Crippen MR) is 84.5 cm³/mol. The molecule has 0 saturated heterocycles. The van der Waals surface area contributed by atoms with Gasteiger partial charge in [0.05, 0.1) is 12.8 Å². The van der Waals surface area contributed by atoms with Crippen LogP contribution in [0, 0.1) is 5.92 Å². The molecule has 0 spiro atoms. The Morgan fingerprint density at radius 2 is 1.90 bits per heavy atom. The van der Waals surface area contributed by atoms with Gasteiger partial charge in [0.1, 0.15) is 5.75 Å². The monoisotopic (exact) mass is 288 g/mol. The molecule has 0 unspecified atom stereocenters. The van der Waals surface area contributed by atoms with Crippen LogP contribution in [0.1, 0.15) is 51.0 Å². The molecule has 0 aliphatic heterocycles. The Balaban J connectivity index is 2.00. The van der Waals surface area contributed by atoms with E-state index in [0.29, 0.717) is 0 Å². The molecule has 0 aromatic heterocycles. The lowest BCUT2D eigenvalue weighted by atomic mass is 9.89. The van der Waals surface area contributed by atoms with Crippen LogP contribution in [0.15, 0.2) is 29.4 Å². The van der Waals surface area contributed by atoms with Crippen molar-refractivity contribution in [3.05, 3.63) is 29.8 Å². The fourth-order valence-corrected chi connectivity index (χ4v) is 2.71. The average Bonchev–Trinajstić information content (AvgIpc) is 2.56. The third kappa shape index (κ3) is 4.31. The van der Waals surface area contributed by atoms with Gasteiger partial charge in [0.25, 0.3) is 0 Å². The first kappa shape index (κ1) is 15.5. The molecular weight excluding hydrogens is 264 g/mol. The van der Waals surface area contributed by atoms with Crippen LogP contribution in [-0.2, 0) is 4.79 Å². The number of amides is 1. The van der Waals surface area contributed by atoms with E-state index in [-0.39, 0.29) is 11.8 Å². The van der Waals surface area contributed by atoms with Crippen LogP contribution in [0.4, 0.5) is 0 Å². The van der Waals surface area contributed by atoms with Crippen LogP contribution in [0.2, 0.25) is 0 Å². The lowest BCUT2D eigenvalue weighted by molar-refractivity contribution is -0.125. The van der Waals surface area contributed by atoms with Gasteiger partial charge in [-0.3, -0.25) is 4.79 Å². The number of hydrazone groups is 1. The average molecular weight is 288 g/mol. The molecular formula is C17H24N2O2. The van der Waals surface area contributed by atoms with Gasteiger partial charge < -0.3 is 4.74 Å². The Morgan fingerprint density at radius 3 is 2.48 bits per heavy atom. The number of rotatable bonds is 5. The van der Waals surface area contributed by atoms with E-state index in [0.717, 1.165) is 49.1 Å². The summed E-state index contributed by atoms with van der Waals surface area (Å²) in [5.41, 5.74) is 4.65. The summed E-state index contributed by atoms with van der Waals surface area (Å²) < 4.78 is 5.15. The van der Waals surface area contributed by atoms with Crippen LogP contribution in [-0.4, -0.2) is 18.7 Å². The van der Waals surface area contributed by atoms with Gasteiger partial charge in [0.2, 0.25) is 5.91 Å². The molecule has 0 atom stereocenters. The minimum atomic E-state index is 0.0640. The Kier molecular flexibility index (Phi) is 5.78. The zero-order valence-corrected chi connectivity index (χ0v) is 12.9. The number of methoxy groups -OCH3 is 1. The van der Waals surface area contributed by atoms with Crippen LogP contribution >= 0.6 is 0 Å². The second-order valence-corrected chi connectivity index (χ2v) is 5.45. The van der Waals surface area contributed by atoms with Gasteiger partial charge in [0.15, 0.2) is 0 Å². The second-order valence-electron chi connectivity index (χ2n) is 5.45. The van der Waals surface area contributed by atoms with E-state index in [4.69, 9.17) is 4.74 Å². The van der Waals surface area contributed by atoms with Gasteiger partial charge in [-0.05, 0) is 49.1 Å². The molecule has 1 aromatic carbocycles. The van der Waals surface area contributed by atoms with Gasteiger partial charge in [-0.1, -0.05) is 26.2 Å². The van der Waals surface area contributed by atoms with E-state index in [9.17, 15) is 4.79 Å². The lowest BCUT2D eigenvalue weighted by Gasteiger charge is -2.19. The first-order valence-corrected chi connectivity index (χ1v) is 7.75. The zero-order valence-electron chi connectivity index (χ0n) is 12.9. The van der Waals surface area contributed by atoms with Crippen molar-refractivity contribution >= 4 is 11.6 Å². The molecule has 1 N–H and O–H groups in total. The smallest absolute Gasteiger partial charge is 0.243 e. The lowest BCUT2D eigenvalue weighted by Crippen LogP contribution is -2.29. The fourth-order valence-electron chi connectivity index (χ4n) is 2.71. The molecule has 4 nitrogen and oxygen atoms in total. The highest BCUT2D eigenvalue weighted by Crippen LogP contribution is 2.23. The van der Waals surface area contributed by atoms with E-state index in [1.54, 1.807) is 7.11 Å². The van der Waals surface area contributed by atoms with Gasteiger partial charge in [-0.25, -0.2) is 5.43 Å². The number of hydrogen-bond acceptors (Lipinski definition) is 3. The van der Waals surface area contributed by atoms with Gasteiger partial charge in [-0.2, -0.15) is 5.10 Å². The molecule has 1 amide bonds. The SMILES string of the molecule is CCC(=NNC(=O)C1CCCCC1)c1ccc(OC)cc1. The maximum atomic E-state index is 12.1. The maximum absolute atomic E-state index is 12.1. The molecule has 21 heavy (non-hydrogen) atoms. The maximum Gasteiger partial charge on any atom is 0.243 e. The van der Waals surface area contributed by atoms with Crippen LogP contribution in [0.25, 0.3) is 0 Å². The van der Waals surface area contributed by atoms with E-state index < -0.39 is 0 Å². The van der Waals surface area contributed by atoms with Gasteiger partial charge in [0, 0.05) is 5.92 Å². The quantitative estimate of drug-likeness (QED) is 0.666. The highest BCUT2D eigenvalue weighted by atomic mass is 16.5. The molecule has 1 fully saturated rings. The number of carbonyl (C=O) groups is 1. The van der Waals surface area contributed by atoms with Crippen molar-refractivity contribution in [1.82, 2.24) is 5.43 Å². The first-order chi connectivity index (χ1) is 10.2. The number of nitrogens with one attached hydrogen (secondary N) is 1. The third-order valence-electron chi connectivity index (χ3n) is 4.04. The van der Waals surface area contributed by atoms with Crippen molar-refractivity contribution in [2.24, 2.45) is 11.0 Å². The van der Waals surface area contributed by atoms with Crippen molar-refractivity contribution in [1.29, 1.82) is 0 Å². The molecule has 4 heteroatoms. The van der Waals surface area contributed by atoms with Gasteiger partial charge in [-0.15, -0.1) is 0 Å². The molecule has 0 bridgehead atoms. The summed E-state index contributed by atoms with van der Waals surface area (Å²) >= 11 is 0. The first-order valence-electron chi connectivity index (χ1n) is 7.75. The Labute approximate surface area is 126 Å². The minimum absolute atomic E-state index is 0.0640. The largest absolute Gasteiger partial charge is 0.497 e. The Hall–Kier alpha value is -1.84. The van der Waals surface area contributed by atoms with E-state index in [1.807, 2.05) is 31.2 Å². The number of carbonyl (C=O) groups excluding carboxylic acids is 1. The van der Waals surface area contributed by atoms with Crippen molar-refractivity contribution in [3.63, 3.8) is 0 Å². The Bertz CT molecular complexity index is 488. The molecule has 2 rings (SSSR count). The summed E-state index contributed by atoms with van der Waals surface area (Å²) in [5, 5.41) is 4.32. The zero-order chi connectivity index (χ0) is 15.1. The molecule has 0 heterocycles. The Morgan fingerprint density at radius 1 is 1.24 bits per heavy atom. The van der Waals surface area contributed by atoms with Crippen LogP contribution in [0.3, 0.4) is 0 Å². The standard InChI is InChI=1S/C17H24N2O2/c1-3-16(13-9-11-15(21-2)12-10-13)18-19-17(20)14-7-5-4-6-8-14/h9-12,14H,3-8H2,1-2H3,(H,19,20). The summed E-state index contributed by atoms with van der Waals surface area (Å²) in [7, 11) is 1.65. The summed E-state index contributed by atoms with van der Waals surface area (Å²) in [5.74, 6) is 1.02. The van der Waals surface area contributed by atoms with Crippen molar-refractivity contribution in [2.75, 3.05) is 7.11 Å². The normalized spacial score (nSPS) is 16.6. The van der Waals surface area contributed by atoms with Crippen molar-refractivity contribution in [3.8, 4) is 5.75 Å². The molecule has 0 radical (unpaired) electrons. The van der Waals surface area contributed by atoms with E-state index in [1.165, 1.54) is 6.42 Å². The summed E-state index contributed by atoms with van der Waals surface area (Å²) in [6, 6.07) is 7.74. The predicted octanol–water partition coefficient (Wildman–Crippen LogP) is 3.51. The number of benzene rings is 1. The molecule has 1 aliphatic rings. The summed E-state index contributed by atoms with van der Waals surface area (Å²) in [6.45, 7) is 2.04. The van der Waals surface area contributed by atoms with E-state index in [2.05, 4.69) is 10.5 Å². The van der Waals surface area contributed by atoms with Gasteiger partial charge >= 0.3 is 0 Å². The topological polar surface area (TPSA) is 50.7 Å². The van der Waals surface area contributed by atoms with Crippen LogP contribution < -0.4 is 10.2 Å². The van der Waals surface area contributed by atoms with Crippen molar-refractivity contribution < 1.29 is 9.53 Å². The summed E-state index contributed by atoms with van der Waals surface area (Å²) in [6.07, 6.45) is 6.31. The molecule has 1 saturated carbocycles. The third-order valence-corrected chi connectivity index (χ3v) is 4.04. The molecule has 114 valence electrons. The highest BCUT2D eigenvalue weighted by molar-refractivity contribution is 6.01. The second kappa shape index (κ2) is 7.81. The molecule has 1 aliphatic carbocycles.